The fraction of sp³-hybridized carbons (Fsp3) is 0.214. The van der Waals surface area contributed by atoms with Crippen molar-refractivity contribution < 1.29 is 0 Å². The van der Waals surface area contributed by atoms with Gasteiger partial charge in [-0.05, 0) is 11.5 Å². The molecule has 2 heterocycles. The molecule has 0 N–H and O–H groups in total. The van der Waals surface area contributed by atoms with Gasteiger partial charge in [-0.1, -0.05) is 43.0 Å². The van der Waals surface area contributed by atoms with Crippen molar-refractivity contribution in [2.45, 2.75) is 19.6 Å². The van der Waals surface area contributed by atoms with Gasteiger partial charge in [-0.3, -0.25) is 0 Å². The molecule has 3 heteroatoms. The van der Waals surface area contributed by atoms with E-state index in [9.17, 15) is 0 Å². The molecule has 0 aliphatic heterocycles. The second-order valence-electron chi connectivity index (χ2n) is 5.53. The van der Waals surface area contributed by atoms with E-state index in [2.05, 4.69) is 59.5 Å². The first-order chi connectivity index (χ1) is 8.05. The van der Waals surface area contributed by atoms with E-state index in [0.717, 1.165) is 5.65 Å². The van der Waals surface area contributed by atoms with E-state index in [0.29, 0.717) is 0 Å². The van der Waals surface area contributed by atoms with E-state index in [1.54, 1.807) is 0 Å². The van der Waals surface area contributed by atoms with Crippen LogP contribution in [0.2, 0.25) is 19.6 Å². The molecule has 0 fully saturated rings. The van der Waals surface area contributed by atoms with Crippen LogP contribution >= 0.6 is 0 Å². The Morgan fingerprint density at radius 3 is 2.65 bits per heavy atom. The maximum absolute atomic E-state index is 4.41. The molecule has 0 unspecified atom stereocenters. The van der Waals surface area contributed by atoms with E-state index < -0.39 is 8.07 Å². The van der Waals surface area contributed by atoms with Crippen LogP contribution in [-0.2, 0) is 0 Å². The van der Waals surface area contributed by atoms with Crippen molar-refractivity contribution in [2.75, 3.05) is 0 Å². The third-order valence-electron chi connectivity index (χ3n) is 3.24. The Morgan fingerprint density at radius 1 is 1.06 bits per heavy atom. The predicted molar refractivity (Wildman–Crippen MR) is 75.7 cm³/mol. The van der Waals surface area contributed by atoms with Gasteiger partial charge in [0.1, 0.15) is 5.65 Å². The Balaban J connectivity index is 2.34. The van der Waals surface area contributed by atoms with Gasteiger partial charge in [0.25, 0.3) is 0 Å². The number of rotatable bonds is 1. The Hall–Kier alpha value is -1.61. The fourth-order valence-corrected chi connectivity index (χ4v) is 3.35. The molecule has 86 valence electrons. The predicted octanol–water partition coefficient (Wildman–Crippen LogP) is 3.03. The summed E-state index contributed by atoms with van der Waals surface area (Å²) in [6.45, 7) is 7.13. The molecular weight excluding hydrogens is 224 g/mol. The molecule has 0 amide bonds. The normalized spacial score (nSPS) is 12.4. The highest BCUT2D eigenvalue weighted by Gasteiger charge is 2.16. The number of benzene rings is 1. The zero-order chi connectivity index (χ0) is 12.0. The van der Waals surface area contributed by atoms with Crippen LogP contribution in [-0.4, -0.2) is 17.5 Å². The van der Waals surface area contributed by atoms with Crippen molar-refractivity contribution in [3.63, 3.8) is 0 Å². The summed E-state index contributed by atoms with van der Waals surface area (Å²) < 4.78 is 2.07. The van der Waals surface area contributed by atoms with Gasteiger partial charge in [-0.2, -0.15) is 0 Å². The third kappa shape index (κ3) is 1.67. The summed E-state index contributed by atoms with van der Waals surface area (Å²) in [7, 11) is -1.23. The van der Waals surface area contributed by atoms with Crippen molar-refractivity contribution in [1.82, 2.24) is 9.38 Å². The van der Waals surface area contributed by atoms with Crippen molar-refractivity contribution in [1.29, 1.82) is 0 Å². The number of hydrogen-bond donors (Lipinski definition) is 0. The Labute approximate surface area is 102 Å². The molecule has 0 saturated carbocycles. The number of imidazole rings is 1. The Kier molecular flexibility index (Phi) is 2.13. The van der Waals surface area contributed by atoms with Gasteiger partial charge in [0.2, 0.25) is 0 Å². The van der Waals surface area contributed by atoms with Crippen molar-refractivity contribution in [2.24, 2.45) is 0 Å². The Bertz CT molecular complexity index is 692. The molecule has 0 radical (unpaired) electrons. The minimum Gasteiger partial charge on any atom is -0.307 e. The van der Waals surface area contributed by atoms with Gasteiger partial charge in [0, 0.05) is 24.0 Å². The van der Waals surface area contributed by atoms with Crippen molar-refractivity contribution >= 4 is 29.7 Å². The molecule has 17 heavy (non-hydrogen) atoms. The number of hydrogen-bond acceptors (Lipinski definition) is 1. The second kappa shape index (κ2) is 3.44. The molecule has 0 saturated heterocycles. The minimum absolute atomic E-state index is 1.05. The van der Waals surface area contributed by atoms with Crippen molar-refractivity contribution in [3.8, 4) is 0 Å². The highest BCUT2D eigenvalue weighted by Crippen LogP contribution is 2.18. The highest BCUT2D eigenvalue weighted by atomic mass is 28.3. The molecule has 0 aliphatic carbocycles. The largest absolute Gasteiger partial charge is 0.307 e. The third-order valence-corrected chi connectivity index (χ3v) is 5.28. The summed E-state index contributed by atoms with van der Waals surface area (Å²) in [5.74, 6) is 0. The van der Waals surface area contributed by atoms with Gasteiger partial charge in [0.05, 0.1) is 8.07 Å². The number of nitrogens with zero attached hydrogens (tertiary/aromatic N) is 2. The number of fused-ring (bicyclic) bond motifs is 3. The van der Waals surface area contributed by atoms with Crippen LogP contribution in [0.5, 0.6) is 0 Å². The molecule has 2 nitrogen and oxygen atoms in total. The van der Waals surface area contributed by atoms with E-state index in [-0.39, 0.29) is 0 Å². The monoisotopic (exact) mass is 240 g/mol. The minimum atomic E-state index is -1.23. The fourth-order valence-electron chi connectivity index (χ4n) is 2.17. The molecule has 3 rings (SSSR count). The first-order valence-corrected chi connectivity index (χ1v) is 9.42. The lowest BCUT2D eigenvalue weighted by atomic mass is 10.2. The zero-order valence-corrected chi connectivity index (χ0v) is 11.4. The van der Waals surface area contributed by atoms with Gasteiger partial charge in [-0.25, -0.2) is 4.98 Å². The first-order valence-electron chi connectivity index (χ1n) is 5.92. The van der Waals surface area contributed by atoms with Crippen LogP contribution < -0.4 is 5.19 Å². The standard InChI is InChI=1S/C14H16N2Si/c1-17(2,3)12-4-5-13-11(10-12)6-8-16-9-7-15-14(13)16/h4-10H,1-3H3. The maximum Gasteiger partial charge on any atom is 0.144 e. The van der Waals surface area contributed by atoms with Crippen LogP contribution in [0.4, 0.5) is 0 Å². The van der Waals surface area contributed by atoms with Gasteiger partial charge in [0.15, 0.2) is 0 Å². The molecule has 0 bridgehead atoms. The van der Waals surface area contributed by atoms with Crippen LogP contribution in [0.3, 0.4) is 0 Å². The molecule has 2 aromatic heterocycles. The van der Waals surface area contributed by atoms with E-state index >= 15 is 0 Å². The quantitative estimate of drug-likeness (QED) is 0.598. The summed E-state index contributed by atoms with van der Waals surface area (Å²) in [5, 5.41) is 4.03. The summed E-state index contributed by atoms with van der Waals surface area (Å²) in [6, 6.07) is 8.98. The van der Waals surface area contributed by atoms with Gasteiger partial charge >= 0.3 is 0 Å². The molecular formula is C14H16N2Si. The molecule has 0 aliphatic rings. The van der Waals surface area contributed by atoms with Gasteiger partial charge in [-0.15, -0.1) is 0 Å². The number of aromatic nitrogens is 2. The van der Waals surface area contributed by atoms with E-state index in [4.69, 9.17) is 0 Å². The lowest BCUT2D eigenvalue weighted by Gasteiger charge is -2.17. The summed E-state index contributed by atoms with van der Waals surface area (Å²) >= 11 is 0. The van der Waals surface area contributed by atoms with Crippen LogP contribution in [0, 0.1) is 0 Å². The first kappa shape index (κ1) is 10.5. The Morgan fingerprint density at radius 2 is 1.88 bits per heavy atom. The maximum atomic E-state index is 4.41. The smallest absolute Gasteiger partial charge is 0.144 e. The van der Waals surface area contributed by atoms with Crippen LogP contribution in [0.1, 0.15) is 0 Å². The van der Waals surface area contributed by atoms with Crippen molar-refractivity contribution in [3.05, 3.63) is 42.9 Å². The molecule has 3 aromatic rings. The lowest BCUT2D eigenvalue weighted by Crippen LogP contribution is -2.37. The van der Waals surface area contributed by atoms with E-state index in [1.165, 1.54) is 16.0 Å². The summed E-state index contributed by atoms with van der Waals surface area (Å²) in [5.41, 5.74) is 1.05. The molecule has 0 atom stereocenters. The average Bonchev–Trinajstić information content (AvgIpc) is 2.75. The average molecular weight is 240 g/mol. The molecule has 0 spiro atoms. The lowest BCUT2D eigenvalue weighted by molar-refractivity contribution is 1.20. The van der Waals surface area contributed by atoms with E-state index in [1.807, 2.05) is 12.4 Å². The highest BCUT2D eigenvalue weighted by molar-refractivity contribution is 6.88. The summed E-state index contributed by atoms with van der Waals surface area (Å²) in [4.78, 5) is 4.41. The second-order valence-corrected chi connectivity index (χ2v) is 10.6. The SMILES string of the molecule is C[Si](C)(C)c1ccc2c(ccn3ccnc23)c1. The topological polar surface area (TPSA) is 17.3 Å². The zero-order valence-electron chi connectivity index (χ0n) is 10.4. The number of pyridine rings is 1. The molecule has 1 aromatic carbocycles. The van der Waals surface area contributed by atoms with Crippen LogP contribution in [0.25, 0.3) is 16.4 Å². The van der Waals surface area contributed by atoms with Crippen LogP contribution in [0.15, 0.2) is 42.9 Å². The summed E-state index contributed by atoms with van der Waals surface area (Å²) in [6.07, 6.45) is 5.92. The van der Waals surface area contributed by atoms with Gasteiger partial charge < -0.3 is 4.40 Å².